The summed E-state index contributed by atoms with van der Waals surface area (Å²) in [7, 11) is 0. The minimum Gasteiger partial charge on any atom is -0.351 e. The zero-order valence-electron chi connectivity index (χ0n) is 22.8. The lowest BCUT2D eigenvalue weighted by atomic mass is 10.1. The molecule has 0 radical (unpaired) electrons. The first-order valence-corrected chi connectivity index (χ1v) is 14.9. The molecule has 0 fully saturated rings. The molecule has 0 atom stereocenters. The van der Waals surface area contributed by atoms with E-state index in [2.05, 4.69) is 71.5 Å². The van der Waals surface area contributed by atoms with E-state index in [0.29, 0.717) is 24.2 Å². The van der Waals surface area contributed by atoms with Crippen LogP contribution in [-0.2, 0) is 16.0 Å². The molecule has 8 nitrogen and oxygen atoms in total. The lowest BCUT2D eigenvalue weighted by Crippen LogP contribution is -2.30. The molecule has 0 bridgehead atoms. The van der Waals surface area contributed by atoms with Crippen LogP contribution < -0.4 is 16.0 Å². The maximum atomic E-state index is 12.5. The average molecular weight is 671 g/mol. The SMILES string of the molecule is CCN(CC)CCCNC(=O)c1[nH]c(C=C2C(=O)Nc3ccc(Br)cc32)cc1C.O=C1Cc2cc(Br)ccc2N1. The molecule has 0 unspecified atom stereocenters. The van der Waals surface area contributed by atoms with Crippen LogP contribution >= 0.6 is 31.9 Å². The molecule has 1 aromatic heterocycles. The third kappa shape index (κ3) is 7.30. The van der Waals surface area contributed by atoms with Crippen LogP contribution in [0, 0.1) is 6.92 Å². The van der Waals surface area contributed by atoms with E-state index in [4.69, 9.17) is 0 Å². The van der Waals surface area contributed by atoms with Crippen LogP contribution in [0.15, 0.2) is 51.4 Å². The molecular formula is C30H33Br2N5O3. The molecule has 10 heteroatoms. The summed E-state index contributed by atoms with van der Waals surface area (Å²) in [6.45, 7) is 9.82. The summed E-state index contributed by atoms with van der Waals surface area (Å²) in [4.78, 5) is 41.3. The van der Waals surface area contributed by atoms with Crippen LogP contribution in [-0.4, -0.2) is 53.8 Å². The highest BCUT2D eigenvalue weighted by atomic mass is 79.9. The number of nitrogens with one attached hydrogen (secondary N) is 4. The van der Waals surface area contributed by atoms with Gasteiger partial charge in [-0.1, -0.05) is 45.7 Å². The molecule has 0 aliphatic carbocycles. The van der Waals surface area contributed by atoms with Gasteiger partial charge in [0, 0.05) is 38.1 Å². The molecule has 210 valence electrons. The molecule has 4 N–H and O–H groups in total. The number of nitrogens with zero attached hydrogens (tertiary/aromatic N) is 1. The number of aromatic amines is 1. The summed E-state index contributed by atoms with van der Waals surface area (Å²) in [6.07, 6.45) is 3.21. The monoisotopic (exact) mass is 669 g/mol. The van der Waals surface area contributed by atoms with Gasteiger partial charge in [0.2, 0.25) is 5.91 Å². The predicted molar refractivity (Wildman–Crippen MR) is 167 cm³/mol. The lowest BCUT2D eigenvalue weighted by Gasteiger charge is -2.17. The van der Waals surface area contributed by atoms with E-state index in [1.165, 1.54) is 0 Å². The van der Waals surface area contributed by atoms with Crippen molar-refractivity contribution in [3.8, 4) is 0 Å². The van der Waals surface area contributed by atoms with Crippen LogP contribution in [0.5, 0.6) is 0 Å². The van der Waals surface area contributed by atoms with E-state index < -0.39 is 0 Å². The van der Waals surface area contributed by atoms with Gasteiger partial charge in [-0.3, -0.25) is 14.4 Å². The van der Waals surface area contributed by atoms with E-state index in [1.807, 2.05) is 49.4 Å². The number of aromatic nitrogens is 1. The van der Waals surface area contributed by atoms with E-state index >= 15 is 0 Å². The second-order valence-electron chi connectivity index (χ2n) is 9.65. The third-order valence-electron chi connectivity index (χ3n) is 6.85. The number of hydrogen-bond donors (Lipinski definition) is 4. The van der Waals surface area contributed by atoms with Crippen molar-refractivity contribution in [3.63, 3.8) is 0 Å². The zero-order valence-corrected chi connectivity index (χ0v) is 26.0. The first-order valence-electron chi connectivity index (χ1n) is 13.3. The molecule has 2 aliphatic heterocycles. The third-order valence-corrected chi connectivity index (χ3v) is 7.84. The van der Waals surface area contributed by atoms with Crippen molar-refractivity contribution in [1.82, 2.24) is 15.2 Å². The van der Waals surface area contributed by atoms with Crippen LogP contribution in [0.2, 0.25) is 0 Å². The van der Waals surface area contributed by atoms with E-state index in [0.717, 1.165) is 68.8 Å². The Kier molecular flexibility index (Phi) is 9.99. The number of fused-ring (bicyclic) bond motifs is 2. The van der Waals surface area contributed by atoms with Gasteiger partial charge in [-0.05, 0) is 92.6 Å². The summed E-state index contributed by atoms with van der Waals surface area (Å²) in [5.74, 6) is -0.184. The van der Waals surface area contributed by atoms with Crippen molar-refractivity contribution in [3.05, 3.63) is 79.5 Å². The number of aryl methyl sites for hydroxylation is 1. The first-order chi connectivity index (χ1) is 19.2. The molecule has 3 amide bonds. The fourth-order valence-electron chi connectivity index (χ4n) is 4.69. The quantitative estimate of drug-likeness (QED) is 0.175. The van der Waals surface area contributed by atoms with Gasteiger partial charge in [0.15, 0.2) is 0 Å². The molecular weight excluding hydrogens is 638 g/mol. The lowest BCUT2D eigenvalue weighted by molar-refractivity contribution is -0.115. The Morgan fingerprint density at radius 1 is 1.00 bits per heavy atom. The van der Waals surface area contributed by atoms with Crippen LogP contribution in [0.25, 0.3) is 11.6 Å². The van der Waals surface area contributed by atoms with Gasteiger partial charge in [0.1, 0.15) is 5.69 Å². The van der Waals surface area contributed by atoms with Crippen molar-refractivity contribution < 1.29 is 14.4 Å². The Morgan fingerprint density at radius 3 is 2.42 bits per heavy atom. The highest BCUT2D eigenvalue weighted by Crippen LogP contribution is 2.35. The molecule has 40 heavy (non-hydrogen) atoms. The first kappa shape index (κ1) is 29.8. The summed E-state index contributed by atoms with van der Waals surface area (Å²) >= 11 is 6.80. The number of anilines is 2. The molecule has 2 aliphatic rings. The summed E-state index contributed by atoms with van der Waals surface area (Å²) in [6, 6.07) is 13.4. The molecule has 0 saturated carbocycles. The maximum absolute atomic E-state index is 12.5. The fourth-order valence-corrected chi connectivity index (χ4v) is 5.46. The van der Waals surface area contributed by atoms with E-state index in [9.17, 15) is 14.4 Å². The van der Waals surface area contributed by atoms with Crippen LogP contribution in [0.1, 0.15) is 53.1 Å². The molecule has 3 heterocycles. The minimum atomic E-state index is -0.146. The molecule has 5 rings (SSSR count). The Bertz CT molecular complexity index is 1460. The Labute approximate surface area is 251 Å². The summed E-state index contributed by atoms with van der Waals surface area (Å²) < 4.78 is 1.93. The smallest absolute Gasteiger partial charge is 0.267 e. The number of carbonyl (C=O) groups is 3. The highest BCUT2D eigenvalue weighted by molar-refractivity contribution is 9.10. The number of hydrogen-bond acceptors (Lipinski definition) is 4. The van der Waals surface area contributed by atoms with Crippen LogP contribution in [0.3, 0.4) is 0 Å². The van der Waals surface area contributed by atoms with Crippen molar-refractivity contribution >= 4 is 72.6 Å². The highest BCUT2D eigenvalue weighted by Gasteiger charge is 2.25. The van der Waals surface area contributed by atoms with Gasteiger partial charge in [-0.15, -0.1) is 0 Å². The van der Waals surface area contributed by atoms with E-state index in [1.54, 1.807) is 6.08 Å². The number of halogens is 2. The van der Waals surface area contributed by atoms with Gasteiger partial charge < -0.3 is 25.8 Å². The average Bonchev–Trinajstić information content (AvgIpc) is 3.58. The minimum absolute atomic E-state index is 0.0816. The number of amides is 3. The molecule has 3 aromatic rings. The Morgan fingerprint density at radius 2 is 1.70 bits per heavy atom. The number of benzene rings is 2. The normalized spacial score (nSPS) is 14.4. The van der Waals surface area contributed by atoms with Crippen molar-refractivity contribution in [1.29, 1.82) is 0 Å². The van der Waals surface area contributed by atoms with Crippen LogP contribution in [0.4, 0.5) is 11.4 Å². The second-order valence-corrected chi connectivity index (χ2v) is 11.5. The van der Waals surface area contributed by atoms with Crippen molar-refractivity contribution in [2.75, 3.05) is 36.8 Å². The van der Waals surface area contributed by atoms with Crippen molar-refractivity contribution in [2.45, 2.75) is 33.6 Å². The Balaban J connectivity index is 0.000000278. The van der Waals surface area contributed by atoms with Gasteiger partial charge in [0.05, 0.1) is 12.0 Å². The summed E-state index contributed by atoms with van der Waals surface area (Å²) in [5.41, 5.74) is 6.35. The molecule has 2 aromatic carbocycles. The largest absolute Gasteiger partial charge is 0.351 e. The number of rotatable bonds is 8. The Hall–Kier alpha value is -3.21. The van der Waals surface area contributed by atoms with Gasteiger partial charge in [0.25, 0.3) is 11.8 Å². The van der Waals surface area contributed by atoms with Crippen molar-refractivity contribution in [2.24, 2.45) is 0 Å². The standard InChI is InChI=1S/C22H27BrN4O2.C8H6BrNO/c1-4-27(5-2)10-6-9-24-22(29)20-14(3)11-16(25-20)13-18-17-12-15(23)7-8-19(17)26-21(18)28;9-6-1-2-7-5(3-6)4-8(11)10-7/h7-8,11-13,25H,4-6,9-10H2,1-3H3,(H,24,29)(H,26,28);1-3H,4H2,(H,10,11). The number of H-pyrrole nitrogens is 1. The predicted octanol–water partition coefficient (Wildman–Crippen LogP) is 5.98. The topological polar surface area (TPSA) is 106 Å². The fraction of sp³-hybridized carbons (Fsp3) is 0.300. The second kappa shape index (κ2) is 13.4. The molecule has 0 spiro atoms. The maximum Gasteiger partial charge on any atom is 0.267 e. The summed E-state index contributed by atoms with van der Waals surface area (Å²) in [5, 5.41) is 8.61. The van der Waals surface area contributed by atoms with Gasteiger partial charge in [-0.2, -0.15) is 0 Å². The zero-order chi connectivity index (χ0) is 28.8. The van der Waals surface area contributed by atoms with Gasteiger partial charge >= 0.3 is 0 Å². The van der Waals surface area contributed by atoms with E-state index in [-0.39, 0.29) is 17.7 Å². The molecule has 0 saturated heterocycles. The number of carbonyl (C=O) groups excluding carboxylic acids is 3. The van der Waals surface area contributed by atoms with Gasteiger partial charge in [-0.25, -0.2) is 0 Å².